The van der Waals surface area contributed by atoms with Crippen LogP contribution in [0, 0.1) is 0 Å². The number of carbonyl (C=O) groups is 1. The molecule has 9 heteroatoms. The first-order valence-corrected chi connectivity index (χ1v) is 8.80. The summed E-state index contributed by atoms with van der Waals surface area (Å²) < 4.78 is 40.5. The van der Waals surface area contributed by atoms with Gasteiger partial charge in [0.25, 0.3) is 5.91 Å². The topological polar surface area (TPSA) is 71.2 Å². The highest BCUT2D eigenvalue weighted by atomic mass is 19.4. The first-order chi connectivity index (χ1) is 13.3. The van der Waals surface area contributed by atoms with Gasteiger partial charge in [-0.3, -0.25) is 9.78 Å². The van der Waals surface area contributed by atoms with Crippen molar-refractivity contribution in [2.75, 3.05) is 13.1 Å². The molecule has 0 saturated carbocycles. The van der Waals surface area contributed by atoms with Crippen LogP contribution in [0.25, 0.3) is 11.0 Å². The van der Waals surface area contributed by atoms with E-state index in [9.17, 15) is 23.1 Å². The second-order valence-electron chi connectivity index (χ2n) is 6.83. The zero-order valence-electron chi connectivity index (χ0n) is 14.7. The molecule has 0 aliphatic carbocycles. The molecule has 1 aromatic carbocycles. The Bertz CT molecular complexity index is 1030. The lowest BCUT2D eigenvalue weighted by molar-refractivity contribution is -0.137. The Morgan fingerprint density at radius 1 is 1.21 bits per heavy atom. The Morgan fingerprint density at radius 3 is 2.79 bits per heavy atom. The normalized spacial score (nSPS) is 17.8. The van der Waals surface area contributed by atoms with Crippen molar-refractivity contribution in [3.8, 4) is 5.75 Å². The van der Waals surface area contributed by atoms with Crippen molar-refractivity contribution < 1.29 is 23.1 Å². The third-order valence-corrected chi connectivity index (χ3v) is 4.95. The smallest absolute Gasteiger partial charge is 0.416 e. The van der Waals surface area contributed by atoms with Crippen molar-refractivity contribution in [1.29, 1.82) is 0 Å². The molecule has 1 saturated heterocycles. The summed E-state index contributed by atoms with van der Waals surface area (Å²) in [6.07, 6.45) is 1.30. The third-order valence-electron chi connectivity index (χ3n) is 4.95. The van der Waals surface area contributed by atoms with E-state index in [1.807, 2.05) is 4.57 Å². The first kappa shape index (κ1) is 18.3. The van der Waals surface area contributed by atoms with Crippen molar-refractivity contribution in [1.82, 2.24) is 19.4 Å². The number of rotatable bonds is 2. The van der Waals surface area contributed by atoms with Gasteiger partial charge in [0.05, 0.1) is 40.7 Å². The molecule has 1 aliphatic heterocycles. The number of amides is 1. The zero-order chi connectivity index (χ0) is 19.9. The number of pyridine rings is 1. The van der Waals surface area contributed by atoms with Crippen LogP contribution in [0.4, 0.5) is 13.2 Å². The second-order valence-corrected chi connectivity index (χ2v) is 6.83. The summed E-state index contributed by atoms with van der Waals surface area (Å²) in [5, 5.41) is 9.53. The number of halogens is 3. The Labute approximate surface area is 158 Å². The van der Waals surface area contributed by atoms with Crippen molar-refractivity contribution in [2.45, 2.75) is 25.1 Å². The van der Waals surface area contributed by atoms with E-state index in [0.29, 0.717) is 24.2 Å². The number of fused-ring (bicyclic) bond motifs is 1. The molecule has 0 bridgehead atoms. The Kier molecular flexibility index (Phi) is 4.44. The summed E-state index contributed by atoms with van der Waals surface area (Å²) >= 11 is 0. The van der Waals surface area contributed by atoms with Crippen LogP contribution in [0.2, 0.25) is 0 Å². The number of hydrogen-bond acceptors (Lipinski definition) is 4. The lowest BCUT2D eigenvalue weighted by atomic mass is 10.0. The van der Waals surface area contributed by atoms with Gasteiger partial charge in [0.1, 0.15) is 5.75 Å². The van der Waals surface area contributed by atoms with Gasteiger partial charge in [0.2, 0.25) is 0 Å². The van der Waals surface area contributed by atoms with E-state index in [1.54, 1.807) is 4.90 Å². The number of nitrogens with zero attached hydrogens (tertiary/aromatic N) is 4. The molecule has 28 heavy (non-hydrogen) atoms. The Morgan fingerprint density at radius 2 is 2.04 bits per heavy atom. The lowest BCUT2D eigenvalue weighted by Crippen LogP contribution is -2.40. The SMILES string of the molecule is O=C(c1cncc(O)c1)N1CCCC(n2cnc3cc(C(F)(F)F)ccc32)C1. The van der Waals surface area contributed by atoms with Gasteiger partial charge in [-0.25, -0.2) is 4.98 Å². The van der Waals surface area contributed by atoms with E-state index in [0.717, 1.165) is 25.0 Å². The average Bonchev–Trinajstić information content (AvgIpc) is 3.10. The largest absolute Gasteiger partial charge is 0.506 e. The molecule has 0 spiro atoms. The molecule has 1 atom stereocenters. The molecule has 4 rings (SSSR count). The molecule has 1 fully saturated rings. The number of carbonyl (C=O) groups excluding carboxylic acids is 1. The van der Waals surface area contributed by atoms with Crippen molar-refractivity contribution in [3.05, 3.63) is 54.1 Å². The number of alkyl halides is 3. The van der Waals surface area contributed by atoms with Crippen LogP contribution in [0.5, 0.6) is 5.75 Å². The summed E-state index contributed by atoms with van der Waals surface area (Å²) in [6, 6.07) is 4.78. The Hall–Kier alpha value is -3.10. The number of imidazole rings is 1. The van der Waals surface area contributed by atoms with Crippen LogP contribution >= 0.6 is 0 Å². The molecule has 2 aromatic heterocycles. The molecule has 1 amide bonds. The maximum atomic E-state index is 12.9. The van der Waals surface area contributed by atoms with Crippen LogP contribution in [0.15, 0.2) is 43.0 Å². The maximum Gasteiger partial charge on any atom is 0.416 e. The number of aromatic nitrogens is 3. The molecule has 6 nitrogen and oxygen atoms in total. The molecule has 0 radical (unpaired) electrons. The van der Waals surface area contributed by atoms with Gasteiger partial charge < -0.3 is 14.6 Å². The fourth-order valence-corrected chi connectivity index (χ4v) is 3.59. The van der Waals surface area contributed by atoms with Crippen molar-refractivity contribution in [3.63, 3.8) is 0 Å². The monoisotopic (exact) mass is 390 g/mol. The van der Waals surface area contributed by atoms with Gasteiger partial charge in [-0.15, -0.1) is 0 Å². The van der Waals surface area contributed by atoms with Gasteiger partial charge in [-0.2, -0.15) is 13.2 Å². The van der Waals surface area contributed by atoms with Crippen LogP contribution < -0.4 is 0 Å². The second kappa shape index (κ2) is 6.81. The van der Waals surface area contributed by atoms with Crippen molar-refractivity contribution >= 4 is 16.9 Å². The summed E-state index contributed by atoms with van der Waals surface area (Å²) in [7, 11) is 0. The summed E-state index contributed by atoms with van der Waals surface area (Å²) in [6.45, 7) is 0.969. The van der Waals surface area contributed by atoms with E-state index >= 15 is 0 Å². The van der Waals surface area contributed by atoms with Gasteiger partial charge in [0.15, 0.2) is 0 Å². The first-order valence-electron chi connectivity index (χ1n) is 8.80. The highest BCUT2D eigenvalue weighted by Crippen LogP contribution is 2.33. The van der Waals surface area contributed by atoms with Gasteiger partial charge in [-0.05, 0) is 37.1 Å². The predicted molar refractivity (Wildman–Crippen MR) is 94.8 cm³/mol. The van der Waals surface area contributed by atoms with E-state index in [2.05, 4.69) is 9.97 Å². The molecule has 146 valence electrons. The molecule has 1 N–H and O–H groups in total. The lowest BCUT2D eigenvalue weighted by Gasteiger charge is -2.33. The fourth-order valence-electron chi connectivity index (χ4n) is 3.59. The quantitative estimate of drug-likeness (QED) is 0.725. The summed E-state index contributed by atoms with van der Waals surface area (Å²) in [4.78, 5) is 22.3. The zero-order valence-corrected chi connectivity index (χ0v) is 14.7. The summed E-state index contributed by atoms with van der Waals surface area (Å²) in [5.74, 6) is -0.322. The fraction of sp³-hybridized carbons (Fsp3) is 0.316. The van der Waals surface area contributed by atoms with Gasteiger partial charge >= 0.3 is 6.18 Å². The van der Waals surface area contributed by atoms with Crippen LogP contribution in [0.3, 0.4) is 0 Å². The Balaban J connectivity index is 1.59. The van der Waals surface area contributed by atoms with Gasteiger partial charge in [0, 0.05) is 19.3 Å². The minimum absolute atomic E-state index is 0.0829. The van der Waals surface area contributed by atoms with Crippen LogP contribution in [0.1, 0.15) is 34.8 Å². The van der Waals surface area contributed by atoms with E-state index < -0.39 is 11.7 Å². The number of aromatic hydroxyl groups is 1. The number of piperidine rings is 1. The van der Waals surface area contributed by atoms with Gasteiger partial charge in [-0.1, -0.05) is 0 Å². The summed E-state index contributed by atoms with van der Waals surface area (Å²) in [5.41, 5.74) is 0.440. The molecule has 3 aromatic rings. The number of benzene rings is 1. The van der Waals surface area contributed by atoms with Crippen LogP contribution in [-0.2, 0) is 6.18 Å². The van der Waals surface area contributed by atoms with E-state index in [4.69, 9.17) is 0 Å². The highest BCUT2D eigenvalue weighted by molar-refractivity contribution is 5.94. The van der Waals surface area contributed by atoms with Crippen molar-refractivity contribution in [2.24, 2.45) is 0 Å². The highest BCUT2D eigenvalue weighted by Gasteiger charge is 2.31. The standard InChI is InChI=1S/C19H17F3N4O2/c20-19(21,22)13-3-4-17-16(7-13)24-11-26(17)14-2-1-5-25(10-14)18(28)12-6-15(27)9-23-8-12/h3-4,6-9,11,14,27H,1-2,5,10H2. The minimum atomic E-state index is -4.42. The van der Waals surface area contributed by atoms with Crippen LogP contribution in [-0.4, -0.2) is 43.5 Å². The third kappa shape index (κ3) is 3.39. The molecule has 1 unspecified atom stereocenters. The minimum Gasteiger partial charge on any atom is -0.506 e. The maximum absolute atomic E-state index is 12.9. The number of likely N-dealkylation sites (tertiary alicyclic amines) is 1. The van der Waals surface area contributed by atoms with E-state index in [-0.39, 0.29) is 23.2 Å². The molecular formula is C19H17F3N4O2. The average molecular weight is 390 g/mol. The molecular weight excluding hydrogens is 373 g/mol. The molecule has 1 aliphatic rings. The molecule has 3 heterocycles. The number of hydrogen-bond donors (Lipinski definition) is 1. The predicted octanol–water partition coefficient (Wildman–Crippen LogP) is 3.63. The van der Waals surface area contributed by atoms with E-state index in [1.165, 1.54) is 30.9 Å².